The number of hydrogen-bond donors (Lipinski definition) is 2. The molecule has 0 spiro atoms. The van der Waals surface area contributed by atoms with E-state index in [-0.39, 0.29) is 23.0 Å². The van der Waals surface area contributed by atoms with Crippen molar-refractivity contribution in [2.45, 2.75) is 50.2 Å². The van der Waals surface area contributed by atoms with Crippen molar-refractivity contribution in [2.75, 3.05) is 0 Å². The number of rotatable bonds is 5. The summed E-state index contributed by atoms with van der Waals surface area (Å²) in [5.74, 6) is 0.214. The van der Waals surface area contributed by atoms with E-state index < -0.39 is 10.0 Å². The molecule has 1 aromatic rings. The van der Waals surface area contributed by atoms with Crippen molar-refractivity contribution in [3.8, 4) is 0 Å². The third-order valence-electron chi connectivity index (χ3n) is 3.92. The summed E-state index contributed by atoms with van der Waals surface area (Å²) in [6, 6.07) is 4.60. The van der Waals surface area contributed by atoms with E-state index in [0.29, 0.717) is 24.3 Å². The maximum Gasteiger partial charge on any atom is 0.240 e. The molecule has 1 saturated carbocycles. The van der Waals surface area contributed by atoms with Gasteiger partial charge in [-0.25, -0.2) is 13.1 Å². The van der Waals surface area contributed by atoms with E-state index in [1.54, 1.807) is 12.1 Å². The Bertz CT molecular complexity index is 582. The lowest BCUT2D eigenvalue weighted by molar-refractivity contribution is 0.0277. The minimum absolute atomic E-state index is 0.136. The number of aliphatic hydroxyl groups excluding tert-OH is 1. The quantitative estimate of drug-likeness (QED) is 0.876. The first-order chi connectivity index (χ1) is 9.33. The van der Waals surface area contributed by atoms with Crippen LogP contribution in [0.3, 0.4) is 0 Å². The molecule has 0 radical (unpaired) electrons. The molecule has 4 nitrogen and oxygen atoms in total. The highest BCUT2D eigenvalue weighted by atomic mass is 35.5. The lowest BCUT2D eigenvalue weighted by Crippen LogP contribution is -2.46. The van der Waals surface area contributed by atoms with Gasteiger partial charge in [0.25, 0.3) is 0 Å². The van der Waals surface area contributed by atoms with Gasteiger partial charge in [-0.05, 0) is 49.8 Å². The third kappa shape index (κ3) is 3.34. The minimum atomic E-state index is -3.57. The Morgan fingerprint density at radius 2 is 2.10 bits per heavy atom. The number of halogens is 1. The summed E-state index contributed by atoms with van der Waals surface area (Å²) in [5, 5.41) is 9.79. The Labute approximate surface area is 125 Å². The molecule has 1 aromatic carbocycles. The maximum absolute atomic E-state index is 12.4. The van der Waals surface area contributed by atoms with Crippen LogP contribution in [-0.2, 0) is 10.0 Å². The Kier molecular flexibility index (Phi) is 4.74. The van der Waals surface area contributed by atoms with Crippen LogP contribution in [0.25, 0.3) is 0 Å². The lowest BCUT2D eigenvalue weighted by atomic mass is 9.77. The summed E-state index contributed by atoms with van der Waals surface area (Å²) in [5.41, 5.74) is 0.847. The summed E-state index contributed by atoms with van der Waals surface area (Å²) >= 11 is 5.99. The van der Waals surface area contributed by atoms with E-state index in [0.717, 1.165) is 5.56 Å². The molecule has 6 heteroatoms. The predicted molar refractivity (Wildman–Crippen MR) is 79.3 cm³/mol. The fourth-order valence-electron chi connectivity index (χ4n) is 2.48. The number of benzene rings is 1. The topological polar surface area (TPSA) is 66.4 Å². The van der Waals surface area contributed by atoms with E-state index >= 15 is 0 Å². The van der Waals surface area contributed by atoms with Crippen molar-refractivity contribution in [3.05, 3.63) is 28.8 Å². The summed E-state index contributed by atoms with van der Waals surface area (Å²) in [4.78, 5) is 0.187. The van der Waals surface area contributed by atoms with Crippen molar-refractivity contribution in [1.82, 2.24) is 4.72 Å². The van der Waals surface area contributed by atoms with E-state index in [9.17, 15) is 13.5 Å². The van der Waals surface area contributed by atoms with Gasteiger partial charge in [0.15, 0.2) is 0 Å². The number of aryl methyl sites for hydroxylation is 1. The minimum Gasteiger partial charge on any atom is -0.393 e. The molecule has 20 heavy (non-hydrogen) atoms. The zero-order valence-electron chi connectivity index (χ0n) is 11.6. The molecule has 0 aliphatic heterocycles. The van der Waals surface area contributed by atoms with E-state index in [4.69, 9.17) is 11.6 Å². The highest BCUT2D eigenvalue weighted by Crippen LogP contribution is 2.32. The largest absolute Gasteiger partial charge is 0.393 e. The molecule has 0 amide bonds. The monoisotopic (exact) mass is 317 g/mol. The van der Waals surface area contributed by atoms with E-state index in [1.165, 1.54) is 6.07 Å². The van der Waals surface area contributed by atoms with Crippen LogP contribution in [0.2, 0.25) is 5.02 Å². The lowest BCUT2D eigenvalue weighted by Gasteiger charge is -2.37. The maximum atomic E-state index is 12.4. The molecule has 1 aliphatic carbocycles. The van der Waals surface area contributed by atoms with Gasteiger partial charge in [-0.2, -0.15) is 0 Å². The fraction of sp³-hybridized carbons (Fsp3) is 0.571. The average Bonchev–Trinajstić information content (AvgIpc) is 2.35. The van der Waals surface area contributed by atoms with E-state index in [1.807, 2.05) is 13.8 Å². The van der Waals surface area contributed by atoms with Gasteiger partial charge in [0.2, 0.25) is 10.0 Å². The summed E-state index contributed by atoms with van der Waals surface area (Å²) < 4.78 is 27.4. The van der Waals surface area contributed by atoms with Gasteiger partial charge in [-0.1, -0.05) is 24.6 Å². The second-order valence-electron chi connectivity index (χ2n) is 5.43. The van der Waals surface area contributed by atoms with Crippen molar-refractivity contribution in [1.29, 1.82) is 0 Å². The Morgan fingerprint density at radius 1 is 1.45 bits per heavy atom. The van der Waals surface area contributed by atoms with Crippen LogP contribution in [0.15, 0.2) is 23.1 Å². The molecule has 1 fully saturated rings. The number of nitrogens with one attached hydrogen (secondary N) is 1. The Hall–Kier alpha value is -0.620. The van der Waals surface area contributed by atoms with Gasteiger partial charge < -0.3 is 5.11 Å². The molecule has 1 aliphatic rings. The molecular weight excluding hydrogens is 298 g/mol. The van der Waals surface area contributed by atoms with Crippen LogP contribution < -0.4 is 4.72 Å². The molecule has 1 atom stereocenters. The fourth-order valence-corrected chi connectivity index (χ4v) is 4.14. The average molecular weight is 318 g/mol. The van der Waals surface area contributed by atoms with Gasteiger partial charge in [-0.3, -0.25) is 0 Å². The Balaban J connectivity index is 2.15. The SMILES string of the molecule is CC[C@@H](NS(=O)(=O)c1ccc(C)c(Cl)c1)C1CC(O)C1. The zero-order chi connectivity index (χ0) is 14.9. The molecular formula is C14H20ClNO3S. The van der Waals surface area contributed by atoms with Gasteiger partial charge in [0, 0.05) is 11.1 Å². The molecule has 0 saturated heterocycles. The molecule has 0 bridgehead atoms. The van der Waals surface area contributed by atoms with Crippen LogP contribution in [0.1, 0.15) is 31.7 Å². The third-order valence-corrected chi connectivity index (χ3v) is 5.81. The number of aliphatic hydroxyl groups is 1. The molecule has 0 unspecified atom stereocenters. The first kappa shape index (κ1) is 15.8. The van der Waals surface area contributed by atoms with Crippen molar-refractivity contribution in [3.63, 3.8) is 0 Å². The molecule has 112 valence electrons. The zero-order valence-corrected chi connectivity index (χ0v) is 13.2. The predicted octanol–water partition coefficient (Wildman–Crippen LogP) is 2.48. The summed E-state index contributed by atoms with van der Waals surface area (Å²) in [6.07, 6.45) is 1.74. The summed E-state index contributed by atoms with van der Waals surface area (Å²) in [7, 11) is -3.57. The van der Waals surface area contributed by atoms with Gasteiger partial charge in [0.05, 0.1) is 11.0 Å². The van der Waals surface area contributed by atoms with Crippen molar-refractivity contribution >= 4 is 21.6 Å². The first-order valence-corrected chi connectivity index (χ1v) is 8.66. The van der Waals surface area contributed by atoms with Crippen molar-refractivity contribution < 1.29 is 13.5 Å². The second-order valence-corrected chi connectivity index (χ2v) is 7.55. The van der Waals surface area contributed by atoms with Crippen LogP contribution >= 0.6 is 11.6 Å². The normalized spacial score (nSPS) is 24.2. The molecule has 0 heterocycles. The summed E-state index contributed by atoms with van der Waals surface area (Å²) in [6.45, 7) is 3.77. The number of hydrogen-bond acceptors (Lipinski definition) is 3. The first-order valence-electron chi connectivity index (χ1n) is 6.80. The van der Waals surface area contributed by atoms with Crippen LogP contribution in [0, 0.1) is 12.8 Å². The smallest absolute Gasteiger partial charge is 0.240 e. The van der Waals surface area contributed by atoms with Crippen LogP contribution in [0.4, 0.5) is 0 Å². The van der Waals surface area contributed by atoms with Gasteiger partial charge >= 0.3 is 0 Å². The standard InChI is InChI=1S/C14H20ClNO3S/c1-3-14(10-6-11(17)7-10)16-20(18,19)12-5-4-9(2)13(15)8-12/h4-5,8,10-11,14,16-17H,3,6-7H2,1-2H3/t10?,11?,14-/m1/s1. The molecule has 0 aromatic heterocycles. The Morgan fingerprint density at radius 3 is 2.60 bits per heavy atom. The molecule has 2 N–H and O–H groups in total. The van der Waals surface area contributed by atoms with Gasteiger partial charge in [0.1, 0.15) is 0 Å². The second kappa shape index (κ2) is 6.02. The van der Waals surface area contributed by atoms with Crippen LogP contribution in [0.5, 0.6) is 0 Å². The number of sulfonamides is 1. The van der Waals surface area contributed by atoms with Crippen molar-refractivity contribution in [2.24, 2.45) is 5.92 Å². The highest BCUT2D eigenvalue weighted by Gasteiger charge is 2.35. The van der Waals surface area contributed by atoms with E-state index in [2.05, 4.69) is 4.72 Å². The van der Waals surface area contributed by atoms with Gasteiger partial charge in [-0.15, -0.1) is 0 Å². The molecule has 2 rings (SSSR count). The highest BCUT2D eigenvalue weighted by molar-refractivity contribution is 7.89. The van der Waals surface area contributed by atoms with Crippen LogP contribution in [-0.4, -0.2) is 25.7 Å².